The van der Waals surface area contributed by atoms with Gasteiger partial charge >= 0.3 is 0 Å². The van der Waals surface area contributed by atoms with Crippen molar-refractivity contribution >= 4 is 23.6 Å². The predicted molar refractivity (Wildman–Crippen MR) is 74.9 cm³/mol. The second-order valence-electron chi connectivity index (χ2n) is 4.07. The van der Waals surface area contributed by atoms with Crippen LogP contribution in [0.2, 0.25) is 0 Å². The van der Waals surface area contributed by atoms with Gasteiger partial charge in [-0.25, -0.2) is 0 Å². The number of anilines is 1. The molecular weight excluding hydrogens is 254 g/mol. The molecule has 0 spiro atoms. The molecule has 0 fully saturated rings. The van der Waals surface area contributed by atoms with Crippen LogP contribution in [0.1, 0.15) is 15.9 Å². The first kappa shape index (κ1) is 13.5. The molecule has 0 atom stereocenters. The van der Waals surface area contributed by atoms with Gasteiger partial charge in [-0.2, -0.15) is 0 Å². The smallest absolute Gasteiger partial charge is 0.248 e. The van der Waals surface area contributed by atoms with Crippen molar-refractivity contribution in [3.63, 3.8) is 0 Å². The van der Waals surface area contributed by atoms with E-state index in [1.807, 2.05) is 30.3 Å². The molecule has 0 aliphatic carbocycles. The van der Waals surface area contributed by atoms with Crippen molar-refractivity contribution in [3.05, 3.63) is 71.8 Å². The second-order valence-corrected chi connectivity index (χ2v) is 4.07. The monoisotopic (exact) mass is 266 g/mol. The zero-order valence-electron chi connectivity index (χ0n) is 10.6. The number of amides is 1. The van der Waals surface area contributed by atoms with Crippen LogP contribution in [0.3, 0.4) is 0 Å². The van der Waals surface area contributed by atoms with Crippen LogP contribution < -0.4 is 10.4 Å². The van der Waals surface area contributed by atoms with Crippen LogP contribution in [-0.4, -0.2) is 11.9 Å². The van der Waals surface area contributed by atoms with E-state index in [-0.39, 0.29) is 11.3 Å². The van der Waals surface area contributed by atoms with Crippen molar-refractivity contribution in [2.75, 3.05) is 5.32 Å². The Hall–Kier alpha value is -2.88. The first-order chi connectivity index (χ1) is 9.66. The van der Waals surface area contributed by atoms with Crippen LogP contribution in [0.15, 0.2) is 60.7 Å². The number of hydrogen-bond donors (Lipinski definition) is 1. The average Bonchev–Trinajstić information content (AvgIpc) is 2.46. The maximum absolute atomic E-state index is 11.7. The van der Waals surface area contributed by atoms with Crippen molar-refractivity contribution < 1.29 is 14.7 Å². The lowest BCUT2D eigenvalue weighted by Gasteiger charge is -2.09. The third-order valence-corrected chi connectivity index (χ3v) is 2.63. The fraction of sp³-hybridized carbons (Fsp3) is 0. The topological polar surface area (TPSA) is 69.2 Å². The Morgan fingerprint density at radius 1 is 0.950 bits per heavy atom. The van der Waals surface area contributed by atoms with E-state index in [9.17, 15) is 14.7 Å². The van der Waals surface area contributed by atoms with Gasteiger partial charge in [-0.1, -0.05) is 48.5 Å². The summed E-state index contributed by atoms with van der Waals surface area (Å²) in [6.07, 6.45) is 3.00. The van der Waals surface area contributed by atoms with E-state index in [2.05, 4.69) is 5.32 Å². The van der Waals surface area contributed by atoms with Gasteiger partial charge in [0.2, 0.25) is 5.91 Å². The summed E-state index contributed by atoms with van der Waals surface area (Å²) in [6.45, 7) is 0. The lowest BCUT2D eigenvalue weighted by atomic mass is 10.1. The standard InChI is InChI=1S/C16H13NO3/c18-15(11-10-12-6-2-1-3-7-12)17-14-9-5-4-8-13(14)16(19)20/h1-11H,(H,17,18)(H,19,20)/p-1. The van der Waals surface area contributed by atoms with Gasteiger partial charge in [0.1, 0.15) is 0 Å². The average molecular weight is 266 g/mol. The van der Waals surface area contributed by atoms with Gasteiger partial charge in [0, 0.05) is 11.6 Å². The summed E-state index contributed by atoms with van der Waals surface area (Å²) in [7, 11) is 0. The van der Waals surface area contributed by atoms with Gasteiger partial charge < -0.3 is 15.2 Å². The van der Waals surface area contributed by atoms with Crippen molar-refractivity contribution in [1.82, 2.24) is 0 Å². The summed E-state index contributed by atoms with van der Waals surface area (Å²) in [5.74, 6) is -1.73. The second kappa shape index (κ2) is 6.33. The van der Waals surface area contributed by atoms with Crippen LogP contribution in [0.4, 0.5) is 5.69 Å². The van der Waals surface area contributed by atoms with E-state index < -0.39 is 11.9 Å². The number of carboxylic acids is 1. The Balaban J connectivity index is 2.09. The van der Waals surface area contributed by atoms with E-state index in [4.69, 9.17) is 0 Å². The van der Waals surface area contributed by atoms with Gasteiger partial charge in [0.25, 0.3) is 0 Å². The highest BCUT2D eigenvalue weighted by Gasteiger charge is 2.04. The molecule has 100 valence electrons. The summed E-state index contributed by atoms with van der Waals surface area (Å²) in [5.41, 5.74) is 1.06. The van der Waals surface area contributed by atoms with Crippen LogP contribution >= 0.6 is 0 Å². The SMILES string of the molecule is O=C(C=Cc1ccccc1)Nc1ccccc1C(=O)[O-]. The van der Waals surface area contributed by atoms with Crippen LogP contribution in [0.25, 0.3) is 6.08 Å². The quantitative estimate of drug-likeness (QED) is 0.856. The third-order valence-electron chi connectivity index (χ3n) is 2.63. The predicted octanol–water partition coefficient (Wildman–Crippen LogP) is 1.70. The number of nitrogens with one attached hydrogen (secondary N) is 1. The van der Waals surface area contributed by atoms with Gasteiger partial charge in [0.05, 0.1) is 11.7 Å². The minimum absolute atomic E-state index is 0.0473. The van der Waals surface area contributed by atoms with Crippen molar-refractivity contribution in [2.45, 2.75) is 0 Å². The van der Waals surface area contributed by atoms with Crippen LogP contribution in [0.5, 0.6) is 0 Å². The first-order valence-corrected chi connectivity index (χ1v) is 6.01. The summed E-state index contributed by atoms with van der Waals surface area (Å²) in [6, 6.07) is 15.4. The number of carboxylic acid groups (broad SMARTS) is 1. The highest BCUT2D eigenvalue weighted by atomic mass is 16.4. The van der Waals surface area contributed by atoms with E-state index in [1.54, 1.807) is 18.2 Å². The van der Waals surface area contributed by atoms with E-state index in [0.717, 1.165) is 5.56 Å². The summed E-state index contributed by atoms with van der Waals surface area (Å²) < 4.78 is 0. The van der Waals surface area contributed by atoms with Crippen LogP contribution in [-0.2, 0) is 4.79 Å². The molecule has 20 heavy (non-hydrogen) atoms. The fourth-order valence-corrected chi connectivity index (χ4v) is 1.68. The molecule has 4 nitrogen and oxygen atoms in total. The molecule has 0 radical (unpaired) electrons. The number of carbonyl (C=O) groups excluding carboxylic acids is 2. The summed E-state index contributed by atoms with van der Waals surface area (Å²) in [5, 5.41) is 13.4. The van der Waals surface area contributed by atoms with Gasteiger partial charge in [-0.3, -0.25) is 4.79 Å². The number of hydrogen-bond acceptors (Lipinski definition) is 3. The number of benzene rings is 2. The molecule has 0 saturated carbocycles. The Bertz CT molecular complexity index is 648. The number of rotatable bonds is 4. The van der Waals surface area contributed by atoms with E-state index >= 15 is 0 Å². The molecule has 0 bridgehead atoms. The van der Waals surface area contributed by atoms with E-state index in [1.165, 1.54) is 18.2 Å². The Kier molecular flexibility index (Phi) is 4.29. The number of aromatic carboxylic acids is 1. The third kappa shape index (κ3) is 3.55. The fourth-order valence-electron chi connectivity index (χ4n) is 1.68. The van der Waals surface area contributed by atoms with Crippen molar-refractivity contribution in [3.8, 4) is 0 Å². The highest BCUT2D eigenvalue weighted by molar-refractivity contribution is 6.05. The molecule has 2 aromatic carbocycles. The van der Waals surface area contributed by atoms with Gasteiger partial charge in [-0.05, 0) is 17.7 Å². The van der Waals surface area contributed by atoms with Crippen LogP contribution in [0, 0.1) is 0 Å². The molecule has 1 amide bonds. The van der Waals surface area contributed by atoms with Crippen molar-refractivity contribution in [1.29, 1.82) is 0 Å². The zero-order valence-corrected chi connectivity index (χ0v) is 10.6. The molecule has 0 aliphatic heterocycles. The zero-order chi connectivity index (χ0) is 14.4. The lowest BCUT2D eigenvalue weighted by molar-refractivity contribution is -0.254. The van der Waals surface area contributed by atoms with E-state index in [0.29, 0.717) is 0 Å². The molecular formula is C16H12NO3-. The normalized spacial score (nSPS) is 10.4. The van der Waals surface area contributed by atoms with Gasteiger partial charge in [-0.15, -0.1) is 0 Å². The molecule has 2 rings (SSSR count). The molecule has 1 N–H and O–H groups in total. The molecule has 0 aliphatic rings. The highest BCUT2D eigenvalue weighted by Crippen LogP contribution is 2.14. The maximum Gasteiger partial charge on any atom is 0.248 e. The largest absolute Gasteiger partial charge is 0.545 e. The summed E-state index contributed by atoms with van der Waals surface area (Å²) in [4.78, 5) is 22.7. The molecule has 0 unspecified atom stereocenters. The minimum Gasteiger partial charge on any atom is -0.545 e. The van der Waals surface area contributed by atoms with Gasteiger partial charge in [0.15, 0.2) is 0 Å². The summed E-state index contributed by atoms with van der Waals surface area (Å²) >= 11 is 0. The molecule has 0 aromatic heterocycles. The number of para-hydroxylation sites is 1. The maximum atomic E-state index is 11.7. The lowest BCUT2D eigenvalue weighted by Crippen LogP contribution is -2.24. The Labute approximate surface area is 116 Å². The molecule has 0 saturated heterocycles. The molecule has 4 heteroatoms. The Morgan fingerprint density at radius 2 is 1.60 bits per heavy atom. The number of carbonyl (C=O) groups is 2. The van der Waals surface area contributed by atoms with Crippen molar-refractivity contribution in [2.24, 2.45) is 0 Å². The molecule has 2 aromatic rings. The Morgan fingerprint density at radius 3 is 2.30 bits per heavy atom. The minimum atomic E-state index is -1.33. The molecule has 0 heterocycles. The first-order valence-electron chi connectivity index (χ1n) is 6.01.